The number of nitrogens with one attached hydrogen (secondary N) is 2. The maximum Gasteiger partial charge on any atom is 0.329 e. The van der Waals surface area contributed by atoms with Crippen molar-refractivity contribution in [3.05, 3.63) is 56.8 Å². The Kier molecular flexibility index (Phi) is 4.46. The summed E-state index contributed by atoms with van der Waals surface area (Å²) in [6.07, 6.45) is 0.535. The Labute approximate surface area is 141 Å². The van der Waals surface area contributed by atoms with E-state index < -0.39 is 29.7 Å². The predicted molar refractivity (Wildman–Crippen MR) is 89.0 cm³/mol. The maximum absolute atomic E-state index is 12.4. The number of fused-ring (bicyclic) bond motifs is 1. The summed E-state index contributed by atoms with van der Waals surface area (Å²) in [5, 5.41) is 6.84. The second-order valence-electron chi connectivity index (χ2n) is 5.57. The van der Waals surface area contributed by atoms with Gasteiger partial charge >= 0.3 is 5.69 Å². The molecule has 0 saturated heterocycles. The molecule has 9 heteroatoms. The summed E-state index contributed by atoms with van der Waals surface area (Å²) >= 11 is 0. The van der Waals surface area contributed by atoms with E-state index in [1.54, 1.807) is 31.2 Å². The van der Waals surface area contributed by atoms with E-state index in [4.69, 9.17) is 4.52 Å². The summed E-state index contributed by atoms with van der Waals surface area (Å²) < 4.78 is 5.78. The zero-order valence-corrected chi connectivity index (χ0v) is 13.8. The molecule has 1 amide bonds. The molecule has 3 rings (SSSR count). The normalized spacial score (nSPS) is 12.2. The number of aromatic nitrogens is 4. The number of carbonyl (C=O) groups excluding carboxylic acids is 1. The molecule has 0 aliphatic heterocycles. The van der Waals surface area contributed by atoms with Crippen molar-refractivity contribution < 1.29 is 9.32 Å². The van der Waals surface area contributed by atoms with Crippen LogP contribution < -0.4 is 16.6 Å². The highest BCUT2D eigenvalue weighted by Gasteiger charge is 2.19. The largest absolute Gasteiger partial charge is 0.344 e. The van der Waals surface area contributed by atoms with E-state index in [9.17, 15) is 14.4 Å². The Balaban J connectivity index is 1.84. The molecule has 9 nitrogen and oxygen atoms in total. The Morgan fingerprint density at radius 3 is 2.80 bits per heavy atom. The number of aromatic amines is 1. The van der Waals surface area contributed by atoms with Gasteiger partial charge in [0.1, 0.15) is 6.54 Å². The van der Waals surface area contributed by atoms with E-state index in [0.29, 0.717) is 29.0 Å². The highest BCUT2D eigenvalue weighted by Crippen LogP contribution is 2.12. The van der Waals surface area contributed by atoms with Crippen molar-refractivity contribution in [3.63, 3.8) is 0 Å². The minimum Gasteiger partial charge on any atom is -0.344 e. The third-order valence-corrected chi connectivity index (χ3v) is 3.79. The third-order valence-electron chi connectivity index (χ3n) is 3.79. The van der Waals surface area contributed by atoms with Crippen molar-refractivity contribution in [1.82, 2.24) is 25.0 Å². The van der Waals surface area contributed by atoms with Gasteiger partial charge in [0.05, 0.1) is 16.9 Å². The molecule has 2 heterocycles. The van der Waals surface area contributed by atoms with Gasteiger partial charge in [0.15, 0.2) is 5.82 Å². The number of amides is 1. The summed E-state index contributed by atoms with van der Waals surface area (Å²) in [6.45, 7) is 3.11. The van der Waals surface area contributed by atoms with Crippen LogP contribution in [0.1, 0.15) is 31.1 Å². The number of benzene rings is 1. The molecule has 0 aliphatic rings. The maximum atomic E-state index is 12.4. The first-order valence-electron chi connectivity index (χ1n) is 7.81. The van der Waals surface area contributed by atoms with Gasteiger partial charge in [-0.05, 0) is 18.6 Å². The number of carbonyl (C=O) groups is 1. The molecule has 25 heavy (non-hydrogen) atoms. The number of hydrogen-bond acceptors (Lipinski definition) is 6. The van der Waals surface area contributed by atoms with Crippen LogP contribution in [0.4, 0.5) is 0 Å². The van der Waals surface area contributed by atoms with Gasteiger partial charge in [-0.25, -0.2) is 4.79 Å². The molecule has 0 saturated carbocycles. The van der Waals surface area contributed by atoms with Crippen molar-refractivity contribution in [1.29, 1.82) is 0 Å². The number of para-hydroxylation sites is 1. The fraction of sp³-hybridized carbons (Fsp3) is 0.312. The Hall–Kier alpha value is -3.23. The number of hydrogen-bond donors (Lipinski definition) is 2. The topological polar surface area (TPSA) is 123 Å². The van der Waals surface area contributed by atoms with Crippen LogP contribution in [0.3, 0.4) is 0 Å². The van der Waals surface area contributed by atoms with Crippen LogP contribution in [0.5, 0.6) is 0 Å². The van der Waals surface area contributed by atoms with Crippen molar-refractivity contribution in [2.75, 3.05) is 0 Å². The van der Waals surface area contributed by atoms with Gasteiger partial charge in [0.25, 0.3) is 5.56 Å². The lowest BCUT2D eigenvalue weighted by atomic mass is 10.2. The molecular weight excluding hydrogens is 326 g/mol. The van der Waals surface area contributed by atoms with Gasteiger partial charge < -0.3 is 14.8 Å². The van der Waals surface area contributed by atoms with Crippen molar-refractivity contribution in [2.24, 2.45) is 0 Å². The van der Waals surface area contributed by atoms with E-state index in [0.717, 1.165) is 4.57 Å². The molecule has 1 aromatic carbocycles. The average molecular weight is 343 g/mol. The molecule has 0 bridgehead atoms. The molecule has 1 atom stereocenters. The first kappa shape index (κ1) is 16.6. The van der Waals surface area contributed by atoms with E-state index >= 15 is 0 Å². The summed E-state index contributed by atoms with van der Waals surface area (Å²) in [5.41, 5.74) is -0.719. The number of H-pyrrole nitrogens is 1. The monoisotopic (exact) mass is 343 g/mol. The highest BCUT2D eigenvalue weighted by molar-refractivity contribution is 5.79. The first-order valence-corrected chi connectivity index (χ1v) is 7.81. The van der Waals surface area contributed by atoms with E-state index in [1.165, 1.54) is 0 Å². The molecule has 130 valence electrons. The molecule has 0 radical (unpaired) electrons. The SMILES string of the molecule is CC[C@@H](NC(=O)Cn1c(=O)[nH]c2ccccc2c1=O)c1noc(C)n1. The lowest BCUT2D eigenvalue weighted by Crippen LogP contribution is -2.41. The van der Waals surface area contributed by atoms with Gasteiger partial charge in [0, 0.05) is 6.92 Å². The highest BCUT2D eigenvalue weighted by atomic mass is 16.5. The van der Waals surface area contributed by atoms with Crippen LogP contribution in [0.2, 0.25) is 0 Å². The van der Waals surface area contributed by atoms with Crippen LogP contribution in [0.15, 0.2) is 38.4 Å². The van der Waals surface area contributed by atoms with E-state index in [-0.39, 0.29) is 0 Å². The Morgan fingerprint density at radius 2 is 2.12 bits per heavy atom. The van der Waals surface area contributed by atoms with Gasteiger partial charge in [-0.15, -0.1) is 0 Å². The Morgan fingerprint density at radius 1 is 1.36 bits per heavy atom. The number of nitrogens with zero attached hydrogens (tertiary/aromatic N) is 3. The van der Waals surface area contributed by atoms with Crippen LogP contribution in [-0.4, -0.2) is 25.6 Å². The van der Waals surface area contributed by atoms with Gasteiger partial charge in [-0.1, -0.05) is 24.2 Å². The summed E-state index contributed by atoms with van der Waals surface area (Å²) in [4.78, 5) is 43.5. The zero-order chi connectivity index (χ0) is 18.0. The van der Waals surface area contributed by atoms with Crippen LogP contribution in [0.25, 0.3) is 10.9 Å². The Bertz CT molecular complexity index is 1030. The fourth-order valence-electron chi connectivity index (χ4n) is 2.53. The average Bonchev–Trinajstić information content (AvgIpc) is 3.02. The fourth-order valence-corrected chi connectivity index (χ4v) is 2.53. The molecule has 2 N–H and O–H groups in total. The van der Waals surface area contributed by atoms with Gasteiger partial charge in [-0.3, -0.25) is 14.2 Å². The predicted octanol–water partition coefficient (Wildman–Crippen LogP) is 0.649. The third kappa shape index (κ3) is 3.35. The summed E-state index contributed by atoms with van der Waals surface area (Å²) in [6, 6.07) is 6.18. The molecule has 0 aliphatic carbocycles. The second-order valence-corrected chi connectivity index (χ2v) is 5.57. The summed E-state index contributed by atoms with van der Waals surface area (Å²) in [7, 11) is 0. The standard InChI is InChI=1S/C16H17N5O4/c1-3-11(14-17-9(2)25-20-14)18-13(22)8-21-15(23)10-6-4-5-7-12(10)19-16(21)24/h4-7,11H,3,8H2,1-2H3,(H,18,22)(H,19,24)/t11-/m1/s1. The lowest BCUT2D eigenvalue weighted by Gasteiger charge is -2.13. The van der Waals surface area contributed by atoms with Gasteiger partial charge in [-0.2, -0.15) is 4.98 Å². The molecule has 0 unspecified atom stereocenters. The molecule has 3 aromatic rings. The quantitative estimate of drug-likeness (QED) is 0.701. The minimum absolute atomic E-state index is 0.343. The first-order chi connectivity index (χ1) is 12.0. The van der Waals surface area contributed by atoms with E-state index in [2.05, 4.69) is 20.4 Å². The van der Waals surface area contributed by atoms with Crippen LogP contribution in [0, 0.1) is 6.92 Å². The molecule has 0 spiro atoms. The molecule has 2 aromatic heterocycles. The lowest BCUT2D eigenvalue weighted by molar-refractivity contribution is -0.122. The van der Waals surface area contributed by atoms with Crippen molar-refractivity contribution >= 4 is 16.8 Å². The molecule has 0 fully saturated rings. The van der Waals surface area contributed by atoms with Crippen molar-refractivity contribution in [2.45, 2.75) is 32.9 Å². The van der Waals surface area contributed by atoms with E-state index in [1.807, 2.05) is 6.92 Å². The van der Waals surface area contributed by atoms with Crippen LogP contribution >= 0.6 is 0 Å². The molecular formula is C16H17N5O4. The van der Waals surface area contributed by atoms with Crippen LogP contribution in [-0.2, 0) is 11.3 Å². The second kappa shape index (κ2) is 6.71. The van der Waals surface area contributed by atoms with Crippen molar-refractivity contribution in [3.8, 4) is 0 Å². The van der Waals surface area contributed by atoms with Gasteiger partial charge in [0.2, 0.25) is 11.8 Å². The minimum atomic E-state index is -0.637. The number of aryl methyl sites for hydroxylation is 1. The smallest absolute Gasteiger partial charge is 0.329 e. The summed E-state index contributed by atoms with van der Waals surface area (Å²) in [5.74, 6) is 0.259. The zero-order valence-electron chi connectivity index (χ0n) is 13.8. The number of rotatable bonds is 5.